The zero-order valence-corrected chi connectivity index (χ0v) is 12.6. The summed E-state index contributed by atoms with van der Waals surface area (Å²) in [6.45, 7) is 3.82. The second kappa shape index (κ2) is 7.88. The number of ether oxygens (including phenoxy) is 2. The van der Waals surface area contributed by atoms with E-state index in [1.165, 1.54) is 0 Å². The van der Waals surface area contributed by atoms with Gasteiger partial charge in [-0.2, -0.15) is 0 Å². The molecule has 2 rings (SSSR count). The standard InChI is InChI=1S/C16H24N2O3/c1-12(18-16(19)5-3-2-4-8-17)13-6-7-14-15(11-13)21-10-9-20-14/h6-7,11-12H,2-5,8-10,17H2,1H3,(H,18,19). The minimum absolute atomic E-state index is 0.0390. The van der Waals surface area contributed by atoms with Gasteiger partial charge in [-0.3, -0.25) is 4.79 Å². The van der Waals surface area contributed by atoms with Crippen molar-refractivity contribution in [2.45, 2.75) is 38.6 Å². The van der Waals surface area contributed by atoms with Crippen molar-refractivity contribution in [3.05, 3.63) is 23.8 Å². The lowest BCUT2D eigenvalue weighted by Gasteiger charge is -2.21. The van der Waals surface area contributed by atoms with Gasteiger partial charge in [0.1, 0.15) is 13.2 Å². The van der Waals surface area contributed by atoms with Crippen LogP contribution in [0.15, 0.2) is 18.2 Å². The Bertz CT molecular complexity index is 477. The van der Waals surface area contributed by atoms with E-state index in [1.54, 1.807) is 0 Å². The SMILES string of the molecule is CC(NC(=O)CCCCCN)c1ccc2c(c1)OCCO2. The molecule has 1 aromatic rings. The lowest BCUT2D eigenvalue weighted by molar-refractivity contribution is -0.121. The first-order valence-electron chi connectivity index (χ1n) is 7.59. The molecule has 1 unspecified atom stereocenters. The molecule has 0 bridgehead atoms. The lowest BCUT2D eigenvalue weighted by atomic mass is 10.1. The van der Waals surface area contributed by atoms with Crippen molar-refractivity contribution in [2.24, 2.45) is 5.73 Å². The van der Waals surface area contributed by atoms with E-state index in [1.807, 2.05) is 25.1 Å². The number of hydrogen-bond acceptors (Lipinski definition) is 4. The highest BCUT2D eigenvalue weighted by Gasteiger charge is 2.15. The Morgan fingerprint density at radius 2 is 2.00 bits per heavy atom. The number of nitrogens with one attached hydrogen (secondary N) is 1. The van der Waals surface area contributed by atoms with Gasteiger partial charge in [-0.1, -0.05) is 12.5 Å². The van der Waals surface area contributed by atoms with E-state index in [4.69, 9.17) is 15.2 Å². The summed E-state index contributed by atoms with van der Waals surface area (Å²) in [7, 11) is 0. The highest BCUT2D eigenvalue weighted by molar-refractivity contribution is 5.76. The van der Waals surface area contributed by atoms with Gasteiger partial charge >= 0.3 is 0 Å². The molecule has 0 saturated heterocycles. The maximum atomic E-state index is 11.9. The van der Waals surface area contributed by atoms with Crippen LogP contribution in [0.2, 0.25) is 0 Å². The molecule has 5 nitrogen and oxygen atoms in total. The van der Waals surface area contributed by atoms with E-state index < -0.39 is 0 Å². The summed E-state index contributed by atoms with van der Waals surface area (Å²) in [5.41, 5.74) is 6.46. The quantitative estimate of drug-likeness (QED) is 0.755. The topological polar surface area (TPSA) is 73.6 Å². The summed E-state index contributed by atoms with van der Waals surface area (Å²) in [4.78, 5) is 11.9. The van der Waals surface area contributed by atoms with Crippen molar-refractivity contribution >= 4 is 5.91 Å². The minimum atomic E-state index is -0.0390. The van der Waals surface area contributed by atoms with Gasteiger partial charge in [0, 0.05) is 6.42 Å². The van der Waals surface area contributed by atoms with Crippen LogP contribution in [0.3, 0.4) is 0 Å². The van der Waals surface area contributed by atoms with Gasteiger partial charge in [0.2, 0.25) is 5.91 Å². The van der Waals surface area contributed by atoms with Crippen LogP contribution in [0, 0.1) is 0 Å². The van der Waals surface area contributed by atoms with E-state index in [-0.39, 0.29) is 11.9 Å². The van der Waals surface area contributed by atoms with Gasteiger partial charge in [-0.05, 0) is 44.0 Å². The maximum absolute atomic E-state index is 11.9. The van der Waals surface area contributed by atoms with Crippen LogP contribution in [-0.2, 0) is 4.79 Å². The molecule has 1 aromatic carbocycles. The van der Waals surface area contributed by atoms with Gasteiger partial charge in [0.15, 0.2) is 11.5 Å². The van der Waals surface area contributed by atoms with Crippen LogP contribution in [0.1, 0.15) is 44.2 Å². The maximum Gasteiger partial charge on any atom is 0.220 e. The summed E-state index contributed by atoms with van der Waals surface area (Å²) in [6, 6.07) is 5.76. The van der Waals surface area contributed by atoms with Gasteiger partial charge < -0.3 is 20.5 Å². The molecule has 0 fully saturated rings. The molecule has 5 heteroatoms. The third-order valence-corrected chi connectivity index (χ3v) is 3.55. The molecule has 0 aromatic heterocycles. The third kappa shape index (κ3) is 4.63. The number of amides is 1. The van der Waals surface area contributed by atoms with Gasteiger partial charge in [0.25, 0.3) is 0 Å². The predicted octanol–water partition coefficient (Wildman–Crippen LogP) is 2.15. The Labute approximate surface area is 125 Å². The summed E-state index contributed by atoms with van der Waals surface area (Å²) in [5.74, 6) is 1.60. The first-order valence-corrected chi connectivity index (χ1v) is 7.59. The number of benzene rings is 1. The average molecular weight is 292 g/mol. The molecule has 0 radical (unpaired) electrons. The van der Waals surface area contributed by atoms with Crippen LogP contribution in [-0.4, -0.2) is 25.7 Å². The van der Waals surface area contributed by atoms with Gasteiger partial charge in [0.05, 0.1) is 6.04 Å². The largest absolute Gasteiger partial charge is 0.486 e. The molecule has 21 heavy (non-hydrogen) atoms. The number of hydrogen-bond donors (Lipinski definition) is 2. The number of rotatable bonds is 7. The first kappa shape index (κ1) is 15.6. The summed E-state index contributed by atoms with van der Waals surface area (Å²) in [6.07, 6.45) is 3.42. The molecule has 3 N–H and O–H groups in total. The van der Waals surface area contributed by atoms with Crippen LogP contribution in [0.25, 0.3) is 0 Å². The number of fused-ring (bicyclic) bond motifs is 1. The van der Waals surface area contributed by atoms with Gasteiger partial charge in [-0.15, -0.1) is 0 Å². The fourth-order valence-electron chi connectivity index (χ4n) is 2.33. The molecule has 1 aliphatic heterocycles. The molecule has 0 aliphatic carbocycles. The number of carbonyl (C=O) groups excluding carboxylic acids is 1. The summed E-state index contributed by atoms with van der Waals surface area (Å²) in [5, 5.41) is 3.01. The summed E-state index contributed by atoms with van der Waals surface area (Å²) < 4.78 is 11.1. The third-order valence-electron chi connectivity index (χ3n) is 3.55. The Kier molecular flexibility index (Phi) is 5.87. The van der Waals surface area contributed by atoms with E-state index in [2.05, 4.69) is 5.32 Å². The van der Waals surface area contributed by atoms with Crippen molar-refractivity contribution < 1.29 is 14.3 Å². The average Bonchev–Trinajstić information content (AvgIpc) is 2.51. The molecule has 1 amide bonds. The predicted molar refractivity (Wildman–Crippen MR) is 81.5 cm³/mol. The van der Waals surface area contributed by atoms with Crippen LogP contribution in [0.4, 0.5) is 0 Å². The van der Waals surface area contributed by atoms with Gasteiger partial charge in [-0.25, -0.2) is 0 Å². The molecule has 1 heterocycles. The Balaban J connectivity index is 1.85. The Morgan fingerprint density at radius 3 is 2.76 bits per heavy atom. The monoisotopic (exact) mass is 292 g/mol. The second-order valence-electron chi connectivity index (χ2n) is 5.29. The molecule has 116 valence electrons. The minimum Gasteiger partial charge on any atom is -0.486 e. The molecular weight excluding hydrogens is 268 g/mol. The van der Waals surface area contributed by atoms with E-state index in [0.29, 0.717) is 26.2 Å². The zero-order chi connectivity index (χ0) is 15.1. The second-order valence-corrected chi connectivity index (χ2v) is 5.29. The number of carbonyl (C=O) groups is 1. The van der Waals surface area contributed by atoms with Crippen molar-refractivity contribution in [1.29, 1.82) is 0 Å². The fourth-order valence-corrected chi connectivity index (χ4v) is 2.33. The molecule has 1 aliphatic rings. The van der Waals surface area contributed by atoms with E-state index >= 15 is 0 Å². The highest BCUT2D eigenvalue weighted by atomic mass is 16.6. The number of nitrogens with two attached hydrogens (primary N) is 1. The number of unbranched alkanes of at least 4 members (excludes halogenated alkanes) is 2. The smallest absolute Gasteiger partial charge is 0.220 e. The zero-order valence-electron chi connectivity index (χ0n) is 12.6. The van der Waals surface area contributed by atoms with Crippen molar-refractivity contribution in [3.8, 4) is 11.5 Å². The van der Waals surface area contributed by atoms with E-state index in [9.17, 15) is 4.79 Å². The van der Waals surface area contributed by atoms with Crippen molar-refractivity contribution in [3.63, 3.8) is 0 Å². The van der Waals surface area contributed by atoms with E-state index in [0.717, 1.165) is 36.3 Å². The molecule has 0 spiro atoms. The normalized spacial score (nSPS) is 14.6. The van der Waals surface area contributed by atoms with Crippen LogP contribution < -0.4 is 20.5 Å². The Hall–Kier alpha value is -1.75. The molecule has 1 atom stereocenters. The van der Waals surface area contributed by atoms with Crippen molar-refractivity contribution in [2.75, 3.05) is 19.8 Å². The summed E-state index contributed by atoms with van der Waals surface area (Å²) >= 11 is 0. The fraction of sp³-hybridized carbons (Fsp3) is 0.562. The molecule has 0 saturated carbocycles. The van der Waals surface area contributed by atoms with Crippen LogP contribution in [0.5, 0.6) is 11.5 Å². The lowest BCUT2D eigenvalue weighted by Crippen LogP contribution is -2.26. The molecular formula is C16H24N2O3. The highest BCUT2D eigenvalue weighted by Crippen LogP contribution is 2.32. The van der Waals surface area contributed by atoms with Crippen LogP contribution >= 0.6 is 0 Å². The Morgan fingerprint density at radius 1 is 1.24 bits per heavy atom. The first-order chi connectivity index (χ1) is 10.2. The van der Waals surface area contributed by atoms with Crippen molar-refractivity contribution in [1.82, 2.24) is 5.32 Å².